The van der Waals surface area contributed by atoms with Crippen molar-refractivity contribution in [2.45, 2.75) is 0 Å². The van der Waals surface area contributed by atoms with Gasteiger partial charge in [-0.05, 0) is 29.1 Å². The lowest BCUT2D eigenvalue weighted by Crippen LogP contribution is -2.28. The Hall–Kier alpha value is -2.02. The van der Waals surface area contributed by atoms with Crippen LogP contribution in [0.25, 0.3) is 0 Å². The Morgan fingerprint density at radius 3 is 1.33 bits per heavy atom. The molecule has 1 nitrogen and oxygen atoms in total. The van der Waals surface area contributed by atoms with Gasteiger partial charge in [-0.3, -0.25) is 4.79 Å². The molecule has 0 unspecified atom stereocenters. The van der Waals surface area contributed by atoms with Crippen molar-refractivity contribution in [3.63, 3.8) is 0 Å². The molecule has 0 saturated heterocycles. The molecule has 0 heterocycles. The minimum absolute atomic E-state index is 0.111. The van der Waals surface area contributed by atoms with E-state index in [9.17, 15) is 4.79 Å². The van der Waals surface area contributed by atoms with Gasteiger partial charge in [-0.1, -0.05) is 103 Å². The average Bonchev–Trinajstić information content (AvgIpc) is 2.68. The zero-order valence-corrected chi connectivity index (χ0v) is 15.2. The van der Waals surface area contributed by atoms with Gasteiger partial charge in [-0.2, -0.15) is 0 Å². The smallest absolute Gasteiger partial charge is 0.212 e. The summed E-state index contributed by atoms with van der Waals surface area (Å²) < 4.78 is 0. The van der Waals surface area contributed by atoms with E-state index in [1.54, 1.807) is 0 Å². The molecule has 3 heteroatoms. The van der Waals surface area contributed by atoms with Gasteiger partial charge < -0.3 is 0 Å². The van der Waals surface area contributed by atoms with Crippen LogP contribution in [-0.4, -0.2) is 17.2 Å². The lowest BCUT2D eigenvalue weighted by atomic mass is 10.4. The Balaban J connectivity index is 2.42. The summed E-state index contributed by atoms with van der Waals surface area (Å²) in [6, 6.07) is 31.2. The summed E-state index contributed by atoms with van der Waals surface area (Å²) in [5, 5.41) is 3.71. The molecule has 0 saturated carbocycles. The van der Waals surface area contributed by atoms with Crippen LogP contribution in [0, 0.1) is 0 Å². The highest BCUT2D eigenvalue weighted by atomic mass is 32.2. The van der Waals surface area contributed by atoms with Crippen molar-refractivity contribution in [2.75, 3.05) is 6.26 Å². The summed E-state index contributed by atoms with van der Waals surface area (Å²) in [6.07, 6.45) is 1.84. The first-order valence-electron chi connectivity index (χ1n) is 7.77. The topological polar surface area (TPSA) is 17.1 Å². The number of rotatable bonds is 4. The molecule has 0 fully saturated rings. The van der Waals surface area contributed by atoms with Crippen molar-refractivity contribution < 1.29 is 4.79 Å². The van der Waals surface area contributed by atoms with Crippen LogP contribution in [0.3, 0.4) is 0 Å². The minimum Gasteiger partial charge on any atom is -0.282 e. The van der Waals surface area contributed by atoms with E-state index in [0.29, 0.717) is 0 Å². The molecule has 0 spiro atoms. The number of hydrogen-bond donors (Lipinski definition) is 0. The van der Waals surface area contributed by atoms with Crippen molar-refractivity contribution in [3.05, 3.63) is 91.0 Å². The highest BCUT2D eigenvalue weighted by molar-refractivity contribution is 8.16. The average molecular weight is 350 g/mol. The molecule has 0 bridgehead atoms. The normalized spacial score (nSPS) is 11.0. The van der Waals surface area contributed by atoms with Crippen LogP contribution in [0.1, 0.15) is 0 Å². The third-order valence-electron chi connectivity index (χ3n) is 3.99. The van der Waals surface area contributed by atoms with Crippen LogP contribution in [-0.2, 0) is 4.79 Å². The van der Waals surface area contributed by atoms with Crippen LogP contribution >= 0.6 is 18.6 Å². The largest absolute Gasteiger partial charge is 0.282 e. The lowest BCUT2D eigenvalue weighted by Gasteiger charge is -2.28. The fraction of sp³-hybridized carbons (Fsp3) is 0.0476. The first kappa shape index (κ1) is 16.8. The van der Waals surface area contributed by atoms with Gasteiger partial charge in [0.05, 0.1) is 0 Å². The van der Waals surface area contributed by atoms with Gasteiger partial charge in [0.1, 0.15) is 0 Å². The second kappa shape index (κ2) is 7.70. The van der Waals surface area contributed by atoms with Crippen molar-refractivity contribution >= 4 is 45.5 Å². The van der Waals surface area contributed by atoms with Gasteiger partial charge in [0, 0.05) is 5.80 Å². The highest BCUT2D eigenvalue weighted by Crippen LogP contribution is 2.43. The van der Waals surface area contributed by atoms with Crippen LogP contribution < -0.4 is 15.9 Å². The summed E-state index contributed by atoms with van der Waals surface area (Å²) >= 11 is 1.27. The third kappa shape index (κ3) is 3.26. The van der Waals surface area contributed by atoms with Gasteiger partial charge >= 0.3 is 0 Å². The van der Waals surface area contributed by atoms with E-state index in [1.807, 2.05) is 66.6 Å². The SMILES string of the molecule is CSC(=O)C=P(c1ccccc1)(c1ccccc1)c1ccccc1. The Bertz CT molecular complexity index is 755. The quantitative estimate of drug-likeness (QED) is 0.668. The molecule has 0 N–H and O–H groups in total. The number of carbonyl (C=O) groups is 1. The molecular formula is C21H19OPS. The molecule has 0 aliphatic rings. The second-order valence-electron chi connectivity index (χ2n) is 5.38. The summed E-state index contributed by atoms with van der Waals surface area (Å²) in [6.45, 7) is -2.12. The van der Waals surface area contributed by atoms with Gasteiger partial charge in [0.15, 0.2) is 0 Å². The summed E-state index contributed by atoms with van der Waals surface area (Å²) in [5.74, 6) is 1.96. The van der Waals surface area contributed by atoms with Crippen molar-refractivity contribution in [3.8, 4) is 0 Å². The van der Waals surface area contributed by atoms with Gasteiger partial charge in [-0.25, -0.2) is 0 Å². The monoisotopic (exact) mass is 350 g/mol. The van der Waals surface area contributed by atoms with Crippen molar-refractivity contribution in [2.24, 2.45) is 0 Å². The fourth-order valence-corrected chi connectivity index (χ4v) is 7.35. The van der Waals surface area contributed by atoms with Gasteiger partial charge in [0.25, 0.3) is 0 Å². The van der Waals surface area contributed by atoms with E-state index in [-0.39, 0.29) is 5.12 Å². The Morgan fingerprint density at radius 2 is 1.04 bits per heavy atom. The van der Waals surface area contributed by atoms with Crippen LogP contribution in [0.15, 0.2) is 91.0 Å². The number of hydrogen-bond acceptors (Lipinski definition) is 2. The maximum absolute atomic E-state index is 12.5. The molecule has 24 heavy (non-hydrogen) atoms. The number of thioether (sulfide) groups is 1. The first-order chi connectivity index (χ1) is 11.8. The van der Waals surface area contributed by atoms with E-state index >= 15 is 0 Å². The molecule has 120 valence electrons. The molecule has 3 rings (SSSR count). The Kier molecular flexibility index (Phi) is 5.40. The molecule has 0 amide bonds. The van der Waals surface area contributed by atoms with E-state index in [2.05, 4.69) is 36.4 Å². The molecule has 0 radical (unpaired) electrons. The first-order valence-corrected chi connectivity index (χ1v) is 10.8. The third-order valence-corrected chi connectivity index (χ3v) is 8.65. The van der Waals surface area contributed by atoms with Gasteiger partial charge in [0.2, 0.25) is 5.12 Å². The maximum Gasteiger partial charge on any atom is 0.212 e. The second-order valence-corrected chi connectivity index (χ2v) is 9.45. The van der Waals surface area contributed by atoms with E-state index in [4.69, 9.17) is 0 Å². The maximum atomic E-state index is 12.5. The van der Waals surface area contributed by atoms with Crippen LogP contribution in [0.5, 0.6) is 0 Å². The molecular weight excluding hydrogens is 331 g/mol. The van der Waals surface area contributed by atoms with E-state index in [1.165, 1.54) is 27.7 Å². The zero-order valence-electron chi connectivity index (χ0n) is 13.5. The van der Waals surface area contributed by atoms with Crippen molar-refractivity contribution in [1.29, 1.82) is 0 Å². The predicted octanol–water partition coefficient (Wildman–Crippen LogP) is 3.67. The molecule has 0 aromatic heterocycles. The minimum atomic E-state index is -2.12. The highest BCUT2D eigenvalue weighted by Gasteiger charge is 2.25. The van der Waals surface area contributed by atoms with Crippen LogP contribution in [0.2, 0.25) is 0 Å². The van der Waals surface area contributed by atoms with E-state index < -0.39 is 6.89 Å². The molecule has 0 aliphatic heterocycles. The lowest BCUT2D eigenvalue weighted by molar-refractivity contribution is -0.105. The fourth-order valence-electron chi connectivity index (χ4n) is 2.87. The molecule has 0 atom stereocenters. The van der Waals surface area contributed by atoms with Crippen molar-refractivity contribution in [1.82, 2.24) is 0 Å². The zero-order chi connectivity index (χ0) is 16.8. The standard InChI is InChI=1S/C21H19OPS/c1-24-21(22)17-23(18-11-5-2-6-12-18,19-13-7-3-8-14-19)20-15-9-4-10-16-20/h2-17H,1H3. The Morgan fingerprint density at radius 1 is 0.708 bits per heavy atom. The number of benzene rings is 3. The summed E-state index contributed by atoms with van der Waals surface area (Å²) in [7, 11) is 0. The van der Waals surface area contributed by atoms with E-state index in [0.717, 1.165) is 0 Å². The number of carbonyl (C=O) groups excluding carboxylic acids is 1. The Labute approximate surface area is 147 Å². The summed E-state index contributed by atoms with van der Waals surface area (Å²) in [4.78, 5) is 12.5. The van der Waals surface area contributed by atoms with Crippen LogP contribution in [0.4, 0.5) is 0 Å². The predicted molar refractivity (Wildman–Crippen MR) is 110 cm³/mol. The van der Waals surface area contributed by atoms with Gasteiger partial charge in [-0.15, -0.1) is 0 Å². The molecule has 3 aromatic rings. The molecule has 0 aliphatic carbocycles. The summed E-state index contributed by atoms with van der Waals surface area (Å²) in [5.41, 5.74) is 0. The molecule has 3 aromatic carbocycles.